The SMILES string of the molecule is Nn1cnnc(CCC(=O)O)c1=O. The van der Waals surface area contributed by atoms with Gasteiger partial charge in [0.25, 0.3) is 5.56 Å². The summed E-state index contributed by atoms with van der Waals surface area (Å²) < 4.78 is 0.768. The molecule has 0 amide bonds. The van der Waals surface area contributed by atoms with Gasteiger partial charge in [0, 0.05) is 6.42 Å². The number of nitrogen functional groups attached to an aromatic ring is 1. The van der Waals surface area contributed by atoms with Crippen LogP contribution in [0.4, 0.5) is 0 Å². The molecule has 70 valence electrons. The summed E-state index contributed by atoms with van der Waals surface area (Å²) in [6.45, 7) is 0. The minimum absolute atomic E-state index is 0.0409. The fraction of sp³-hybridized carbons (Fsp3) is 0.333. The topological polar surface area (TPSA) is 111 Å². The van der Waals surface area contributed by atoms with Gasteiger partial charge in [0.1, 0.15) is 12.0 Å². The molecule has 0 aliphatic rings. The lowest BCUT2D eigenvalue weighted by molar-refractivity contribution is -0.136. The first-order valence-corrected chi connectivity index (χ1v) is 3.51. The Morgan fingerprint density at radius 2 is 2.38 bits per heavy atom. The fourth-order valence-electron chi connectivity index (χ4n) is 0.778. The maximum atomic E-state index is 11.1. The Morgan fingerprint density at radius 3 is 3.00 bits per heavy atom. The number of nitrogens with zero attached hydrogens (tertiary/aromatic N) is 3. The number of aryl methyl sites for hydroxylation is 1. The minimum Gasteiger partial charge on any atom is -0.481 e. The molecular weight excluding hydrogens is 176 g/mol. The average molecular weight is 184 g/mol. The molecule has 0 aliphatic carbocycles. The molecule has 0 bridgehead atoms. The number of carboxylic acid groups (broad SMARTS) is 1. The van der Waals surface area contributed by atoms with E-state index in [1.165, 1.54) is 0 Å². The summed E-state index contributed by atoms with van der Waals surface area (Å²) >= 11 is 0. The van der Waals surface area contributed by atoms with E-state index in [2.05, 4.69) is 10.2 Å². The number of rotatable bonds is 3. The zero-order valence-corrected chi connectivity index (χ0v) is 6.67. The Kier molecular flexibility index (Phi) is 2.58. The third-order valence-corrected chi connectivity index (χ3v) is 1.41. The van der Waals surface area contributed by atoms with E-state index in [4.69, 9.17) is 10.9 Å². The van der Waals surface area contributed by atoms with Crippen molar-refractivity contribution in [3.05, 3.63) is 22.4 Å². The second kappa shape index (κ2) is 3.65. The molecule has 0 fully saturated rings. The van der Waals surface area contributed by atoms with Gasteiger partial charge in [-0.2, -0.15) is 0 Å². The van der Waals surface area contributed by atoms with Crippen molar-refractivity contribution in [3.63, 3.8) is 0 Å². The van der Waals surface area contributed by atoms with Crippen LogP contribution < -0.4 is 11.4 Å². The van der Waals surface area contributed by atoms with Crippen LogP contribution in [-0.4, -0.2) is 25.9 Å². The molecule has 0 saturated heterocycles. The normalized spacial score (nSPS) is 9.85. The molecular formula is C6H8N4O3. The highest BCUT2D eigenvalue weighted by Gasteiger charge is 2.06. The van der Waals surface area contributed by atoms with Crippen LogP contribution >= 0.6 is 0 Å². The summed E-state index contributed by atoms with van der Waals surface area (Å²) in [5.74, 6) is 4.19. The van der Waals surface area contributed by atoms with Gasteiger partial charge in [-0.05, 0) is 0 Å². The van der Waals surface area contributed by atoms with Gasteiger partial charge in [0.2, 0.25) is 0 Å². The molecule has 0 atom stereocenters. The molecule has 0 aliphatic heterocycles. The van der Waals surface area contributed by atoms with Crippen LogP contribution in [-0.2, 0) is 11.2 Å². The summed E-state index contributed by atoms with van der Waals surface area (Å²) in [5, 5.41) is 15.2. The maximum absolute atomic E-state index is 11.1. The van der Waals surface area contributed by atoms with E-state index in [-0.39, 0.29) is 18.5 Å². The number of aliphatic carboxylic acids is 1. The van der Waals surface area contributed by atoms with Crippen LogP contribution in [0.15, 0.2) is 11.1 Å². The minimum atomic E-state index is -0.992. The van der Waals surface area contributed by atoms with Crippen LogP contribution in [0.5, 0.6) is 0 Å². The Hall–Kier alpha value is -1.92. The first kappa shape index (κ1) is 9.17. The largest absolute Gasteiger partial charge is 0.481 e. The van der Waals surface area contributed by atoms with E-state index < -0.39 is 11.5 Å². The third-order valence-electron chi connectivity index (χ3n) is 1.41. The summed E-state index contributed by atoms with van der Waals surface area (Å²) in [4.78, 5) is 21.3. The van der Waals surface area contributed by atoms with Gasteiger partial charge in [-0.25, -0.2) is 4.68 Å². The first-order chi connectivity index (χ1) is 6.11. The summed E-state index contributed by atoms with van der Waals surface area (Å²) in [7, 11) is 0. The van der Waals surface area contributed by atoms with Crippen LogP contribution in [0.2, 0.25) is 0 Å². The third kappa shape index (κ3) is 2.26. The van der Waals surface area contributed by atoms with E-state index in [0.717, 1.165) is 11.0 Å². The number of aromatic nitrogens is 3. The van der Waals surface area contributed by atoms with Crippen LogP contribution in [0.3, 0.4) is 0 Å². The van der Waals surface area contributed by atoms with Gasteiger partial charge >= 0.3 is 5.97 Å². The van der Waals surface area contributed by atoms with Crippen LogP contribution in [0.1, 0.15) is 12.1 Å². The van der Waals surface area contributed by atoms with Gasteiger partial charge in [0.05, 0.1) is 6.42 Å². The van der Waals surface area contributed by atoms with Crippen molar-refractivity contribution in [2.45, 2.75) is 12.8 Å². The Balaban J connectivity index is 2.84. The highest BCUT2D eigenvalue weighted by molar-refractivity contribution is 5.66. The van der Waals surface area contributed by atoms with Crippen molar-refractivity contribution >= 4 is 5.97 Å². The number of hydrogen-bond donors (Lipinski definition) is 2. The second-order valence-corrected chi connectivity index (χ2v) is 2.38. The zero-order valence-electron chi connectivity index (χ0n) is 6.67. The van der Waals surface area contributed by atoms with Crippen molar-refractivity contribution in [1.29, 1.82) is 0 Å². The molecule has 1 rings (SSSR count). The smallest absolute Gasteiger partial charge is 0.303 e. The summed E-state index contributed by atoms with van der Waals surface area (Å²) in [6.07, 6.45) is 0.944. The van der Waals surface area contributed by atoms with E-state index >= 15 is 0 Å². The van der Waals surface area contributed by atoms with E-state index in [9.17, 15) is 9.59 Å². The summed E-state index contributed by atoms with van der Waals surface area (Å²) in [5.41, 5.74) is -0.455. The van der Waals surface area contributed by atoms with E-state index in [1.807, 2.05) is 0 Å². The molecule has 0 radical (unpaired) electrons. The Labute approximate surface area is 72.8 Å². The van der Waals surface area contributed by atoms with Crippen molar-refractivity contribution in [2.24, 2.45) is 0 Å². The average Bonchev–Trinajstić information content (AvgIpc) is 2.07. The number of carboxylic acids is 1. The molecule has 1 aromatic rings. The first-order valence-electron chi connectivity index (χ1n) is 3.51. The molecule has 1 heterocycles. The molecule has 1 aromatic heterocycles. The van der Waals surface area contributed by atoms with Crippen molar-refractivity contribution in [3.8, 4) is 0 Å². The highest BCUT2D eigenvalue weighted by atomic mass is 16.4. The molecule has 0 unspecified atom stereocenters. The quantitative estimate of drug-likeness (QED) is 0.545. The van der Waals surface area contributed by atoms with Gasteiger partial charge in [-0.15, -0.1) is 10.2 Å². The van der Waals surface area contributed by atoms with Gasteiger partial charge in [-0.1, -0.05) is 0 Å². The number of carbonyl (C=O) groups is 1. The predicted molar refractivity (Wildman–Crippen MR) is 42.4 cm³/mol. The van der Waals surface area contributed by atoms with Crippen molar-refractivity contribution in [2.75, 3.05) is 5.84 Å². The van der Waals surface area contributed by atoms with Crippen LogP contribution in [0, 0.1) is 0 Å². The molecule has 0 spiro atoms. The standard InChI is InChI=1S/C6H8N4O3/c7-10-3-8-9-4(6(10)13)1-2-5(11)12/h3H,1-2,7H2,(H,11,12). The van der Waals surface area contributed by atoms with E-state index in [1.54, 1.807) is 0 Å². The van der Waals surface area contributed by atoms with Crippen LogP contribution in [0.25, 0.3) is 0 Å². The van der Waals surface area contributed by atoms with Gasteiger partial charge < -0.3 is 10.9 Å². The Morgan fingerprint density at radius 1 is 1.69 bits per heavy atom. The molecule has 7 heteroatoms. The van der Waals surface area contributed by atoms with Crippen molar-refractivity contribution in [1.82, 2.24) is 14.9 Å². The molecule has 3 N–H and O–H groups in total. The molecule has 7 nitrogen and oxygen atoms in total. The fourth-order valence-corrected chi connectivity index (χ4v) is 0.778. The second-order valence-electron chi connectivity index (χ2n) is 2.38. The number of hydrogen-bond acceptors (Lipinski definition) is 5. The molecule has 0 saturated carbocycles. The Bertz CT molecular complexity index is 372. The van der Waals surface area contributed by atoms with Crippen molar-refractivity contribution < 1.29 is 9.90 Å². The predicted octanol–water partition coefficient (Wildman–Crippen LogP) is -1.63. The summed E-state index contributed by atoms with van der Waals surface area (Å²) in [6, 6.07) is 0. The lowest BCUT2D eigenvalue weighted by atomic mass is 10.2. The van der Waals surface area contributed by atoms with Gasteiger partial charge in [0.15, 0.2) is 0 Å². The lowest BCUT2D eigenvalue weighted by Crippen LogP contribution is -2.31. The van der Waals surface area contributed by atoms with E-state index in [0.29, 0.717) is 0 Å². The maximum Gasteiger partial charge on any atom is 0.303 e. The number of nitrogens with two attached hydrogens (primary N) is 1. The molecule has 13 heavy (non-hydrogen) atoms. The molecule has 0 aromatic carbocycles. The zero-order chi connectivity index (χ0) is 9.84. The monoisotopic (exact) mass is 184 g/mol. The lowest BCUT2D eigenvalue weighted by Gasteiger charge is -1.98. The van der Waals surface area contributed by atoms with Gasteiger partial charge in [-0.3, -0.25) is 9.59 Å². The highest BCUT2D eigenvalue weighted by Crippen LogP contribution is 1.89.